The average molecular weight is 317 g/mol. The Hall–Kier alpha value is -0.320. The van der Waals surface area contributed by atoms with Gasteiger partial charge in [0.2, 0.25) is 5.91 Å². The second-order valence-corrected chi connectivity index (χ2v) is 7.43. The maximum absolute atomic E-state index is 12.6. The van der Waals surface area contributed by atoms with E-state index in [9.17, 15) is 9.90 Å². The van der Waals surface area contributed by atoms with Crippen molar-refractivity contribution in [3.05, 3.63) is 0 Å². The van der Waals surface area contributed by atoms with Crippen molar-refractivity contribution in [3.8, 4) is 0 Å². The average Bonchev–Trinajstić information content (AvgIpc) is 2.95. The first-order valence-corrected chi connectivity index (χ1v) is 8.17. The SMILES string of the molecule is CN(CC1(CO)CCCC1)C(=O)C1CC12CCNCC2.Cl. The number of piperidine rings is 1. The minimum Gasteiger partial charge on any atom is -0.396 e. The van der Waals surface area contributed by atoms with Crippen LogP contribution in [0.2, 0.25) is 0 Å². The molecule has 5 heteroatoms. The molecule has 4 nitrogen and oxygen atoms in total. The molecule has 122 valence electrons. The zero-order chi connectivity index (χ0) is 14.2. The highest BCUT2D eigenvalue weighted by atomic mass is 35.5. The molecular formula is C16H29ClN2O2. The van der Waals surface area contributed by atoms with E-state index in [0.717, 1.165) is 51.7 Å². The van der Waals surface area contributed by atoms with Crippen molar-refractivity contribution < 1.29 is 9.90 Å². The lowest BCUT2D eigenvalue weighted by Crippen LogP contribution is -2.41. The molecule has 3 fully saturated rings. The monoisotopic (exact) mass is 316 g/mol. The van der Waals surface area contributed by atoms with Crippen LogP contribution >= 0.6 is 12.4 Å². The molecule has 0 radical (unpaired) electrons. The van der Waals surface area contributed by atoms with Crippen LogP contribution in [0.5, 0.6) is 0 Å². The van der Waals surface area contributed by atoms with E-state index in [1.165, 1.54) is 12.8 Å². The molecule has 21 heavy (non-hydrogen) atoms. The van der Waals surface area contributed by atoms with Gasteiger partial charge >= 0.3 is 0 Å². The summed E-state index contributed by atoms with van der Waals surface area (Å²) in [6.07, 6.45) is 7.93. The molecule has 1 aliphatic heterocycles. The third-order valence-electron chi connectivity index (χ3n) is 6.04. The molecule has 0 aromatic carbocycles. The lowest BCUT2D eigenvalue weighted by Gasteiger charge is -2.32. The van der Waals surface area contributed by atoms with Gasteiger partial charge in [-0.05, 0) is 50.6 Å². The molecule has 1 heterocycles. The molecule has 1 unspecified atom stereocenters. The van der Waals surface area contributed by atoms with Gasteiger partial charge in [0, 0.05) is 24.9 Å². The first kappa shape index (κ1) is 17.0. The van der Waals surface area contributed by atoms with Gasteiger partial charge in [0.1, 0.15) is 0 Å². The Morgan fingerprint density at radius 3 is 2.43 bits per heavy atom. The fourth-order valence-corrected chi connectivity index (χ4v) is 4.51. The van der Waals surface area contributed by atoms with Crippen LogP contribution in [-0.4, -0.2) is 49.2 Å². The fraction of sp³-hybridized carbons (Fsp3) is 0.938. The number of nitrogens with zero attached hydrogens (tertiary/aromatic N) is 1. The van der Waals surface area contributed by atoms with Crippen molar-refractivity contribution in [1.29, 1.82) is 0 Å². The molecule has 0 aromatic heterocycles. The molecule has 0 bridgehead atoms. The predicted molar refractivity (Wildman–Crippen MR) is 85.5 cm³/mol. The number of carbonyl (C=O) groups excluding carboxylic acids is 1. The molecule has 1 spiro atoms. The topological polar surface area (TPSA) is 52.6 Å². The first-order chi connectivity index (χ1) is 9.61. The third kappa shape index (κ3) is 3.22. The summed E-state index contributed by atoms with van der Waals surface area (Å²) in [5.41, 5.74) is 0.305. The van der Waals surface area contributed by atoms with Crippen LogP contribution in [0.3, 0.4) is 0 Å². The van der Waals surface area contributed by atoms with Gasteiger partial charge in [0.25, 0.3) is 0 Å². The van der Waals surface area contributed by atoms with Gasteiger partial charge in [-0.3, -0.25) is 4.79 Å². The summed E-state index contributed by atoms with van der Waals surface area (Å²) in [5, 5.41) is 13.1. The summed E-state index contributed by atoms with van der Waals surface area (Å²) in [6.45, 7) is 3.10. The summed E-state index contributed by atoms with van der Waals surface area (Å²) in [6, 6.07) is 0. The number of aliphatic hydroxyl groups is 1. The Kier molecular flexibility index (Phi) is 5.22. The Bertz CT molecular complexity index is 376. The minimum atomic E-state index is -0.0133. The Balaban J connectivity index is 0.00000161. The van der Waals surface area contributed by atoms with Crippen molar-refractivity contribution in [2.45, 2.75) is 44.9 Å². The molecule has 1 atom stereocenters. The summed E-state index contributed by atoms with van der Waals surface area (Å²) >= 11 is 0. The fourth-order valence-electron chi connectivity index (χ4n) is 4.51. The number of hydrogen-bond acceptors (Lipinski definition) is 3. The van der Waals surface area contributed by atoms with Gasteiger partial charge in [0.15, 0.2) is 0 Å². The molecule has 2 N–H and O–H groups in total. The third-order valence-corrected chi connectivity index (χ3v) is 6.04. The normalized spacial score (nSPS) is 29.0. The zero-order valence-electron chi connectivity index (χ0n) is 13.1. The zero-order valence-corrected chi connectivity index (χ0v) is 13.9. The van der Waals surface area contributed by atoms with E-state index in [0.29, 0.717) is 11.3 Å². The largest absolute Gasteiger partial charge is 0.396 e. The second kappa shape index (κ2) is 6.43. The quantitative estimate of drug-likeness (QED) is 0.831. The Labute approximate surface area is 134 Å². The molecule has 1 saturated heterocycles. The number of amides is 1. The van der Waals surface area contributed by atoms with Crippen LogP contribution in [0.25, 0.3) is 0 Å². The highest BCUT2D eigenvalue weighted by Crippen LogP contribution is 2.59. The predicted octanol–water partition coefficient (Wildman–Crippen LogP) is 1.81. The minimum absolute atomic E-state index is 0. The maximum atomic E-state index is 12.6. The van der Waals surface area contributed by atoms with Crippen LogP contribution < -0.4 is 5.32 Å². The first-order valence-electron chi connectivity index (χ1n) is 8.17. The molecular weight excluding hydrogens is 288 g/mol. The number of rotatable bonds is 4. The lowest BCUT2D eigenvalue weighted by atomic mass is 9.86. The van der Waals surface area contributed by atoms with Gasteiger partial charge < -0.3 is 15.3 Å². The smallest absolute Gasteiger partial charge is 0.226 e. The van der Waals surface area contributed by atoms with Crippen LogP contribution in [0, 0.1) is 16.7 Å². The van der Waals surface area contributed by atoms with Crippen molar-refractivity contribution in [2.24, 2.45) is 16.7 Å². The molecule has 3 rings (SSSR count). The highest BCUT2D eigenvalue weighted by molar-refractivity contribution is 5.85. The van der Waals surface area contributed by atoms with Crippen LogP contribution in [0.1, 0.15) is 44.9 Å². The van der Waals surface area contributed by atoms with E-state index in [1.807, 2.05) is 11.9 Å². The van der Waals surface area contributed by atoms with Crippen molar-refractivity contribution in [3.63, 3.8) is 0 Å². The molecule has 1 amide bonds. The second-order valence-electron chi connectivity index (χ2n) is 7.43. The van der Waals surface area contributed by atoms with E-state index in [-0.39, 0.29) is 30.3 Å². The highest BCUT2D eigenvalue weighted by Gasteiger charge is 2.58. The van der Waals surface area contributed by atoms with Gasteiger partial charge in [-0.25, -0.2) is 0 Å². The van der Waals surface area contributed by atoms with E-state index in [4.69, 9.17) is 0 Å². The van der Waals surface area contributed by atoms with Crippen LogP contribution in [0.15, 0.2) is 0 Å². The molecule has 2 aliphatic carbocycles. The summed E-state index contributed by atoms with van der Waals surface area (Å²) in [5.74, 6) is 0.582. The number of aliphatic hydroxyl groups excluding tert-OH is 1. The van der Waals surface area contributed by atoms with Gasteiger partial charge in [-0.15, -0.1) is 12.4 Å². The number of nitrogens with one attached hydrogen (secondary N) is 1. The molecule has 2 saturated carbocycles. The summed E-state index contributed by atoms with van der Waals surface area (Å²) in [7, 11) is 1.94. The molecule has 3 aliphatic rings. The summed E-state index contributed by atoms with van der Waals surface area (Å²) < 4.78 is 0. The maximum Gasteiger partial charge on any atom is 0.226 e. The van der Waals surface area contributed by atoms with Gasteiger partial charge in [-0.2, -0.15) is 0 Å². The van der Waals surface area contributed by atoms with E-state index >= 15 is 0 Å². The van der Waals surface area contributed by atoms with Crippen molar-refractivity contribution >= 4 is 18.3 Å². The van der Waals surface area contributed by atoms with Crippen molar-refractivity contribution in [1.82, 2.24) is 10.2 Å². The number of hydrogen-bond donors (Lipinski definition) is 2. The van der Waals surface area contributed by atoms with E-state index in [1.54, 1.807) is 0 Å². The lowest BCUT2D eigenvalue weighted by molar-refractivity contribution is -0.134. The molecule has 0 aromatic rings. The van der Waals surface area contributed by atoms with Crippen molar-refractivity contribution in [2.75, 3.05) is 33.3 Å². The van der Waals surface area contributed by atoms with Crippen LogP contribution in [-0.2, 0) is 4.79 Å². The van der Waals surface area contributed by atoms with E-state index < -0.39 is 0 Å². The van der Waals surface area contributed by atoms with Gasteiger partial charge in [0.05, 0.1) is 6.61 Å². The van der Waals surface area contributed by atoms with Crippen LogP contribution in [0.4, 0.5) is 0 Å². The standard InChI is InChI=1S/C16H28N2O2.ClH/c1-18(11-15(12-19)4-2-3-5-15)14(20)13-10-16(13)6-8-17-9-7-16;/h13,17,19H,2-12H2,1H3;1H. The summed E-state index contributed by atoms with van der Waals surface area (Å²) in [4.78, 5) is 14.6. The number of halogens is 1. The Morgan fingerprint density at radius 1 is 1.24 bits per heavy atom. The Morgan fingerprint density at radius 2 is 1.86 bits per heavy atom. The van der Waals surface area contributed by atoms with Gasteiger partial charge in [-0.1, -0.05) is 12.8 Å². The number of carbonyl (C=O) groups is 1. The van der Waals surface area contributed by atoms with E-state index in [2.05, 4.69) is 5.32 Å².